The Hall–Kier alpha value is 0.160. The summed E-state index contributed by atoms with van der Waals surface area (Å²) in [6, 6.07) is 5.76. The molecule has 2 atom stereocenters. The number of nitrogens with one attached hydrogen (secondary N) is 2. The number of benzene rings is 1. The van der Waals surface area contributed by atoms with Crippen molar-refractivity contribution in [1.29, 1.82) is 0 Å². The molecular weight excluding hydrogens is 339 g/mol. The lowest BCUT2D eigenvalue weighted by atomic mass is 10.1. The Morgan fingerprint density at radius 2 is 2.22 bits per heavy atom. The van der Waals surface area contributed by atoms with E-state index in [4.69, 9.17) is 11.6 Å². The molecule has 1 aromatic rings. The van der Waals surface area contributed by atoms with Crippen LogP contribution in [0.15, 0.2) is 22.7 Å². The monoisotopic (exact) mass is 354 g/mol. The maximum Gasteiger partial charge on any atom is 0.0716 e. The summed E-state index contributed by atoms with van der Waals surface area (Å²) < 4.78 is 1.06. The van der Waals surface area contributed by atoms with Gasteiger partial charge in [0.25, 0.3) is 0 Å². The molecule has 0 spiro atoms. The number of halogens is 3. The topological polar surface area (TPSA) is 44.3 Å². The number of aliphatic hydroxyl groups excluding tert-OH is 1. The molecular formula is C12H17BrCl2N2O. The third kappa shape index (κ3) is 4.37. The molecule has 3 N–H and O–H groups in total. The largest absolute Gasteiger partial charge is 0.391 e. The van der Waals surface area contributed by atoms with Crippen LogP contribution in [0, 0.1) is 5.92 Å². The van der Waals surface area contributed by atoms with Crippen LogP contribution in [0.2, 0.25) is 5.02 Å². The maximum absolute atomic E-state index is 9.65. The van der Waals surface area contributed by atoms with Gasteiger partial charge in [0.15, 0.2) is 0 Å². The Bertz CT molecular complexity index is 392. The van der Waals surface area contributed by atoms with Gasteiger partial charge in [-0.2, -0.15) is 0 Å². The molecule has 1 fully saturated rings. The molecule has 2 rings (SSSR count). The van der Waals surface area contributed by atoms with Crippen LogP contribution in [-0.4, -0.2) is 30.8 Å². The Morgan fingerprint density at radius 1 is 1.44 bits per heavy atom. The van der Waals surface area contributed by atoms with Gasteiger partial charge >= 0.3 is 0 Å². The summed E-state index contributed by atoms with van der Waals surface area (Å²) in [5, 5.41) is 16.9. The van der Waals surface area contributed by atoms with Crippen LogP contribution in [0.1, 0.15) is 5.56 Å². The second-order valence-corrected chi connectivity index (χ2v) is 5.64. The second-order valence-electron chi connectivity index (χ2n) is 4.35. The van der Waals surface area contributed by atoms with Crippen molar-refractivity contribution in [1.82, 2.24) is 10.6 Å². The first-order valence-electron chi connectivity index (χ1n) is 5.70. The molecule has 3 nitrogen and oxygen atoms in total. The lowest BCUT2D eigenvalue weighted by Gasteiger charge is -2.14. The number of β-amino-alcohol motifs (C(OH)–C–C–N with tert-alkyl or cyclic N) is 1. The average Bonchev–Trinajstić information content (AvgIpc) is 2.70. The summed E-state index contributed by atoms with van der Waals surface area (Å²) in [5.41, 5.74) is 1.14. The van der Waals surface area contributed by atoms with Crippen LogP contribution in [-0.2, 0) is 6.54 Å². The summed E-state index contributed by atoms with van der Waals surface area (Å²) >= 11 is 9.44. The van der Waals surface area contributed by atoms with Crippen molar-refractivity contribution in [3.05, 3.63) is 33.3 Å². The van der Waals surface area contributed by atoms with E-state index >= 15 is 0 Å². The van der Waals surface area contributed by atoms with Crippen LogP contribution in [0.3, 0.4) is 0 Å². The van der Waals surface area contributed by atoms with Crippen LogP contribution in [0.4, 0.5) is 0 Å². The summed E-state index contributed by atoms with van der Waals surface area (Å²) in [5.74, 6) is 0.299. The van der Waals surface area contributed by atoms with Gasteiger partial charge in [0.05, 0.1) is 6.10 Å². The van der Waals surface area contributed by atoms with Crippen molar-refractivity contribution in [2.24, 2.45) is 5.92 Å². The van der Waals surface area contributed by atoms with Gasteiger partial charge in [-0.25, -0.2) is 0 Å². The van der Waals surface area contributed by atoms with E-state index in [1.54, 1.807) is 0 Å². The van der Waals surface area contributed by atoms with E-state index in [9.17, 15) is 5.11 Å². The highest BCUT2D eigenvalue weighted by Gasteiger charge is 2.24. The molecule has 0 radical (unpaired) electrons. The van der Waals surface area contributed by atoms with E-state index in [0.29, 0.717) is 12.5 Å². The third-order valence-electron chi connectivity index (χ3n) is 3.03. The molecule has 1 aliphatic heterocycles. The van der Waals surface area contributed by atoms with Crippen molar-refractivity contribution in [3.8, 4) is 0 Å². The van der Waals surface area contributed by atoms with Gasteiger partial charge < -0.3 is 15.7 Å². The van der Waals surface area contributed by atoms with E-state index in [1.807, 2.05) is 18.2 Å². The van der Waals surface area contributed by atoms with Crippen molar-refractivity contribution < 1.29 is 5.11 Å². The molecule has 0 aliphatic carbocycles. The fourth-order valence-corrected chi connectivity index (χ4v) is 2.58. The standard InChI is InChI=1S/C12H16BrClN2O.ClH/c13-11-2-1-10(14)3-8(11)4-15-5-9-6-16-7-12(9)17;/h1-3,9,12,15-17H,4-7H2;1H. The molecule has 1 aliphatic rings. The van der Waals surface area contributed by atoms with Gasteiger partial charge in [-0.15, -0.1) is 12.4 Å². The molecule has 18 heavy (non-hydrogen) atoms. The quantitative estimate of drug-likeness (QED) is 0.775. The smallest absolute Gasteiger partial charge is 0.0716 e. The average molecular weight is 356 g/mol. The Morgan fingerprint density at radius 3 is 2.89 bits per heavy atom. The lowest BCUT2D eigenvalue weighted by Crippen LogP contribution is -2.30. The minimum atomic E-state index is -0.231. The summed E-state index contributed by atoms with van der Waals surface area (Å²) in [6.07, 6.45) is -0.231. The number of hydrogen-bond acceptors (Lipinski definition) is 3. The van der Waals surface area contributed by atoms with Gasteiger partial charge in [-0.3, -0.25) is 0 Å². The minimum Gasteiger partial charge on any atom is -0.391 e. The van der Waals surface area contributed by atoms with Crippen molar-refractivity contribution in [3.63, 3.8) is 0 Å². The van der Waals surface area contributed by atoms with Gasteiger partial charge in [0.1, 0.15) is 0 Å². The van der Waals surface area contributed by atoms with Gasteiger partial charge in [0.2, 0.25) is 0 Å². The third-order valence-corrected chi connectivity index (χ3v) is 4.04. The highest BCUT2D eigenvalue weighted by molar-refractivity contribution is 9.10. The summed E-state index contributed by atoms with van der Waals surface area (Å²) in [6.45, 7) is 3.15. The van der Waals surface area contributed by atoms with E-state index in [0.717, 1.165) is 34.7 Å². The predicted molar refractivity (Wildman–Crippen MR) is 80.5 cm³/mol. The molecule has 2 unspecified atom stereocenters. The Labute approximate surface area is 127 Å². The Balaban J connectivity index is 0.00000162. The number of aliphatic hydroxyl groups is 1. The van der Waals surface area contributed by atoms with Gasteiger partial charge in [-0.05, 0) is 23.8 Å². The fourth-order valence-electron chi connectivity index (χ4n) is 2.00. The first-order valence-corrected chi connectivity index (χ1v) is 6.87. The highest BCUT2D eigenvalue weighted by atomic mass is 79.9. The van der Waals surface area contributed by atoms with Crippen LogP contribution >= 0.6 is 39.9 Å². The van der Waals surface area contributed by atoms with E-state index < -0.39 is 0 Å². The van der Waals surface area contributed by atoms with Crippen LogP contribution in [0.25, 0.3) is 0 Å². The van der Waals surface area contributed by atoms with Crippen molar-refractivity contribution >= 4 is 39.9 Å². The van der Waals surface area contributed by atoms with Crippen LogP contribution in [0.5, 0.6) is 0 Å². The zero-order valence-corrected chi connectivity index (χ0v) is 13.0. The van der Waals surface area contributed by atoms with Crippen molar-refractivity contribution in [2.75, 3.05) is 19.6 Å². The van der Waals surface area contributed by atoms with E-state index in [1.165, 1.54) is 0 Å². The molecule has 0 aromatic heterocycles. The Kier molecular flexibility index (Phi) is 6.92. The SMILES string of the molecule is Cl.OC1CNCC1CNCc1cc(Cl)ccc1Br. The zero-order valence-electron chi connectivity index (χ0n) is 9.83. The molecule has 102 valence electrons. The van der Waals surface area contributed by atoms with Gasteiger partial charge in [0, 0.05) is 41.6 Å². The van der Waals surface area contributed by atoms with Crippen molar-refractivity contribution in [2.45, 2.75) is 12.6 Å². The fraction of sp³-hybridized carbons (Fsp3) is 0.500. The normalized spacial score (nSPS) is 22.8. The first-order chi connectivity index (χ1) is 8.16. The minimum absolute atomic E-state index is 0. The molecule has 0 amide bonds. The number of rotatable bonds is 4. The molecule has 1 heterocycles. The molecule has 0 saturated carbocycles. The van der Waals surface area contributed by atoms with E-state index in [-0.39, 0.29) is 18.5 Å². The second kappa shape index (κ2) is 7.68. The molecule has 0 bridgehead atoms. The van der Waals surface area contributed by atoms with Crippen LogP contribution < -0.4 is 10.6 Å². The van der Waals surface area contributed by atoms with E-state index in [2.05, 4.69) is 26.6 Å². The molecule has 1 saturated heterocycles. The first kappa shape index (κ1) is 16.2. The highest BCUT2D eigenvalue weighted by Crippen LogP contribution is 2.21. The predicted octanol–water partition coefficient (Wildman–Crippen LogP) is 2.19. The summed E-state index contributed by atoms with van der Waals surface area (Å²) in [4.78, 5) is 0. The van der Waals surface area contributed by atoms with Gasteiger partial charge in [-0.1, -0.05) is 27.5 Å². The molecule has 1 aromatic carbocycles. The number of hydrogen-bond donors (Lipinski definition) is 3. The zero-order chi connectivity index (χ0) is 12.3. The maximum atomic E-state index is 9.65. The lowest BCUT2D eigenvalue weighted by molar-refractivity contribution is 0.146. The summed E-state index contributed by atoms with van der Waals surface area (Å²) in [7, 11) is 0. The molecule has 6 heteroatoms.